The second-order valence-electron chi connectivity index (χ2n) is 8.26. The summed E-state index contributed by atoms with van der Waals surface area (Å²) in [7, 11) is 0. The van der Waals surface area contributed by atoms with Gasteiger partial charge >= 0.3 is 0 Å². The Hall–Kier alpha value is -3.71. The smallest absolute Gasteiger partial charge is 0.225 e. The predicted molar refractivity (Wildman–Crippen MR) is 137 cm³/mol. The van der Waals surface area contributed by atoms with Gasteiger partial charge in [-0.2, -0.15) is 4.98 Å². The summed E-state index contributed by atoms with van der Waals surface area (Å²) in [4.78, 5) is 10.9. The van der Waals surface area contributed by atoms with E-state index >= 15 is 0 Å². The van der Waals surface area contributed by atoms with E-state index in [9.17, 15) is 0 Å². The van der Waals surface area contributed by atoms with Crippen LogP contribution in [-0.4, -0.2) is 26.3 Å². The van der Waals surface area contributed by atoms with E-state index in [-0.39, 0.29) is 0 Å². The van der Waals surface area contributed by atoms with Gasteiger partial charge in [-0.3, -0.25) is 0 Å². The van der Waals surface area contributed by atoms with Gasteiger partial charge in [-0.05, 0) is 41.5 Å². The first-order chi connectivity index (χ1) is 16.1. The van der Waals surface area contributed by atoms with Gasteiger partial charge in [-0.15, -0.1) is 16.4 Å². The van der Waals surface area contributed by atoms with E-state index in [0.717, 1.165) is 35.3 Å². The third-order valence-corrected chi connectivity index (χ3v) is 6.59. The molecule has 5 rings (SSSR count). The molecule has 5 aromatic rings. The van der Waals surface area contributed by atoms with E-state index in [1.54, 1.807) is 16.0 Å². The van der Waals surface area contributed by atoms with Crippen LogP contribution < -0.4 is 11.1 Å². The van der Waals surface area contributed by atoms with Gasteiger partial charge in [0.05, 0.1) is 16.8 Å². The van der Waals surface area contributed by atoms with Gasteiger partial charge in [0, 0.05) is 17.0 Å². The lowest BCUT2D eigenvalue weighted by molar-refractivity contribution is 0.858. The molecule has 166 valence electrons. The molecule has 3 heterocycles. The van der Waals surface area contributed by atoms with E-state index in [0.29, 0.717) is 23.3 Å². The molecule has 0 saturated heterocycles. The van der Waals surface area contributed by atoms with Gasteiger partial charge < -0.3 is 11.1 Å². The van der Waals surface area contributed by atoms with E-state index in [1.165, 1.54) is 10.4 Å². The molecule has 0 saturated carbocycles. The van der Waals surface area contributed by atoms with Crippen molar-refractivity contribution in [2.75, 3.05) is 17.6 Å². The fourth-order valence-electron chi connectivity index (χ4n) is 3.85. The number of nitrogens with zero attached hydrogens (tertiary/aromatic N) is 4. The summed E-state index contributed by atoms with van der Waals surface area (Å²) in [5, 5.41) is 11.0. The Morgan fingerprint density at radius 3 is 2.45 bits per heavy atom. The number of fused-ring (bicyclic) bond motifs is 1. The van der Waals surface area contributed by atoms with E-state index in [2.05, 4.69) is 48.8 Å². The lowest BCUT2D eigenvalue weighted by atomic mass is 10.0. The van der Waals surface area contributed by atoms with Crippen molar-refractivity contribution < 1.29 is 0 Å². The molecule has 0 aliphatic rings. The summed E-state index contributed by atoms with van der Waals surface area (Å²) >= 11 is 1.75. The molecule has 0 amide bonds. The number of nitrogens with two attached hydrogens (primary N) is 1. The third kappa shape index (κ3) is 4.32. The molecule has 0 spiro atoms. The molecule has 0 aliphatic heterocycles. The fourth-order valence-corrected chi connectivity index (χ4v) is 4.55. The van der Waals surface area contributed by atoms with Crippen LogP contribution in [-0.2, 0) is 6.42 Å². The van der Waals surface area contributed by atoms with Crippen molar-refractivity contribution in [3.63, 3.8) is 0 Å². The van der Waals surface area contributed by atoms with Crippen LogP contribution in [0.3, 0.4) is 0 Å². The molecule has 0 radical (unpaired) electrons. The Bertz CT molecular complexity index is 1360. The van der Waals surface area contributed by atoms with Crippen LogP contribution in [0, 0.1) is 0 Å². The molecule has 2 aromatic carbocycles. The maximum absolute atomic E-state index is 6.62. The van der Waals surface area contributed by atoms with Gasteiger partial charge in [-0.25, -0.2) is 9.67 Å². The number of thiophene rings is 1. The molecule has 0 bridgehead atoms. The minimum Gasteiger partial charge on any atom is -0.383 e. The number of aromatic nitrogens is 4. The lowest BCUT2D eigenvalue weighted by Gasteiger charge is -2.09. The summed E-state index contributed by atoms with van der Waals surface area (Å²) in [6.07, 6.45) is 0.915. The normalized spacial score (nSPS) is 11.4. The molecule has 0 atom stereocenters. The first kappa shape index (κ1) is 21.2. The average Bonchev–Trinajstić information content (AvgIpc) is 3.47. The van der Waals surface area contributed by atoms with Crippen molar-refractivity contribution in [3.05, 3.63) is 82.6 Å². The Kier molecular flexibility index (Phi) is 5.79. The van der Waals surface area contributed by atoms with Crippen LogP contribution >= 0.6 is 11.3 Å². The second kappa shape index (κ2) is 9.03. The number of nitrogens with one attached hydrogen (secondary N) is 1. The summed E-state index contributed by atoms with van der Waals surface area (Å²) in [6.45, 7) is 5.10. The molecule has 3 aromatic heterocycles. The zero-order valence-electron chi connectivity index (χ0n) is 18.7. The van der Waals surface area contributed by atoms with Gasteiger partial charge in [-0.1, -0.05) is 62.4 Å². The van der Waals surface area contributed by atoms with Crippen LogP contribution in [0.15, 0.2) is 72.1 Å². The molecule has 33 heavy (non-hydrogen) atoms. The highest BCUT2D eigenvalue weighted by molar-refractivity contribution is 7.09. The van der Waals surface area contributed by atoms with Crippen LogP contribution in [0.5, 0.6) is 0 Å². The van der Waals surface area contributed by atoms with Crippen molar-refractivity contribution in [2.45, 2.75) is 26.2 Å². The van der Waals surface area contributed by atoms with Crippen molar-refractivity contribution in [2.24, 2.45) is 0 Å². The topological polar surface area (TPSA) is 81.7 Å². The number of benzene rings is 2. The number of nitrogen functional groups attached to an aromatic ring is 1. The Labute approximate surface area is 197 Å². The van der Waals surface area contributed by atoms with Crippen molar-refractivity contribution in [1.82, 2.24) is 19.7 Å². The van der Waals surface area contributed by atoms with Crippen LogP contribution in [0.2, 0.25) is 0 Å². The Morgan fingerprint density at radius 2 is 1.76 bits per heavy atom. The average molecular weight is 455 g/mol. The highest BCUT2D eigenvalue weighted by atomic mass is 32.1. The van der Waals surface area contributed by atoms with Gasteiger partial charge in [0.15, 0.2) is 5.65 Å². The van der Waals surface area contributed by atoms with Crippen LogP contribution in [0.25, 0.3) is 28.0 Å². The molecule has 0 fully saturated rings. The van der Waals surface area contributed by atoms with Gasteiger partial charge in [0.1, 0.15) is 5.82 Å². The summed E-state index contributed by atoms with van der Waals surface area (Å²) in [5.41, 5.74) is 11.1. The van der Waals surface area contributed by atoms with Crippen LogP contribution in [0.1, 0.15) is 30.2 Å². The van der Waals surface area contributed by atoms with Crippen molar-refractivity contribution in [3.8, 4) is 16.9 Å². The molecule has 0 aliphatic carbocycles. The second-order valence-corrected chi connectivity index (χ2v) is 9.29. The monoisotopic (exact) mass is 454 g/mol. The molecular weight excluding hydrogens is 428 g/mol. The quantitative estimate of drug-likeness (QED) is 0.320. The highest BCUT2D eigenvalue weighted by Gasteiger charge is 2.19. The van der Waals surface area contributed by atoms with Gasteiger partial charge in [0.25, 0.3) is 0 Å². The predicted octanol–water partition coefficient (Wildman–Crippen LogP) is 5.90. The summed E-state index contributed by atoms with van der Waals surface area (Å²) in [5.74, 6) is 1.55. The highest BCUT2D eigenvalue weighted by Crippen LogP contribution is 2.33. The SMILES string of the molecule is CC(C)c1ccc(-n2nc3nc(NCCc4cccs4)nc(-c4ccccc4)c3c2N)cc1. The zero-order valence-corrected chi connectivity index (χ0v) is 19.5. The lowest BCUT2D eigenvalue weighted by Crippen LogP contribution is -2.08. The summed E-state index contributed by atoms with van der Waals surface area (Å²) in [6, 6.07) is 22.6. The molecule has 6 nitrogen and oxygen atoms in total. The maximum Gasteiger partial charge on any atom is 0.225 e. The Morgan fingerprint density at radius 1 is 0.970 bits per heavy atom. The molecular formula is C26H26N6S. The van der Waals surface area contributed by atoms with Crippen molar-refractivity contribution in [1.29, 1.82) is 0 Å². The first-order valence-corrected chi connectivity index (χ1v) is 12.0. The van der Waals surface area contributed by atoms with Gasteiger partial charge in [0.2, 0.25) is 5.95 Å². The molecule has 3 N–H and O–H groups in total. The number of hydrogen-bond donors (Lipinski definition) is 2. The van der Waals surface area contributed by atoms with Crippen LogP contribution in [0.4, 0.5) is 11.8 Å². The summed E-state index contributed by atoms with van der Waals surface area (Å²) < 4.78 is 1.76. The number of rotatable bonds is 7. The largest absolute Gasteiger partial charge is 0.383 e. The number of hydrogen-bond acceptors (Lipinski definition) is 6. The number of anilines is 2. The minimum atomic E-state index is 0.464. The zero-order chi connectivity index (χ0) is 22.8. The maximum atomic E-state index is 6.62. The first-order valence-electron chi connectivity index (χ1n) is 11.1. The molecule has 7 heteroatoms. The Balaban J connectivity index is 1.56. The standard InChI is InChI=1S/C26H26N6S/c1-17(2)18-10-12-20(13-11-18)32-24(27)22-23(19-7-4-3-5-8-19)29-26(30-25(22)31-32)28-15-14-21-9-6-16-33-21/h3-13,16-17H,14-15,27H2,1-2H3,(H,28,30,31). The van der Waals surface area contributed by atoms with E-state index in [1.807, 2.05) is 42.5 Å². The minimum absolute atomic E-state index is 0.464. The van der Waals surface area contributed by atoms with Crippen molar-refractivity contribution >= 4 is 34.1 Å². The van der Waals surface area contributed by atoms with E-state index in [4.69, 9.17) is 20.8 Å². The fraction of sp³-hybridized carbons (Fsp3) is 0.192. The van der Waals surface area contributed by atoms with E-state index < -0.39 is 0 Å². The molecule has 0 unspecified atom stereocenters. The third-order valence-electron chi connectivity index (χ3n) is 5.66.